The zero-order valence-corrected chi connectivity index (χ0v) is 13.9. The van der Waals surface area contributed by atoms with E-state index in [9.17, 15) is 13.6 Å². The number of hydrogen-bond acceptors (Lipinski definition) is 2. The summed E-state index contributed by atoms with van der Waals surface area (Å²) in [6.07, 6.45) is 0. The average Bonchev–Trinajstić information content (AvgIpc) is 2.72. The van der Waals surface area contributed by atoms with Crippen molar-refractivity contribution in [3.05, 3.63) is 47.0 Å². The van der Waals surface area contributed by atoms with Crippen LogP contribution in [0.2, 0.25) is 0 Å². The second-order valence-electron chi connectivity index (χ2n) is 6.10. The van der Waals surface area contributed by atoms with E-state index in [1.54, 1.807) is 45.0 Å². The summed E-state index contributed by atoms with van der Waals surface area (Å²) in [5.41, 5.74) is -0.768. The molecule has 0 saturated carbocycles. The zero-order chi connectivity index (χ0) is 17.4. The monoisotopic (exact) mass is 321 g/mol. The predicted octanol–water partition coefficient (Wildman–Crippen LogP) is 3.96. The van der Waals surface area contributed by atoms with Crippen molar-refractivity contribution in [3.8, 4) is 0 Å². The van der Waals surface area contributed by atoms with Gasteiger partial charge in [0.1, 0.15) is 11.2 Å². The lowest BCUT2D eigenvalue weighted by molar-refractivity contribution is 0.101. The number of aryl methyl sites for hydroxylation is 2. The normalized spacial score (nSPS) is 13.9. The molecule has 0 saturated heterocycles. The van der Waals surface area contributed by atoms with Crippen molar-refractivity contribution >= 4 is 11.6 Å². The van der Waals surface area contributed by atoms with Gasteiger partial charge in [0.25, 0.3) is 5.91 Å². The molecule has 4 nitrogen and oxygen atoms in total. The van der Waals surface area contributed by atoms with Gasteiger partial charge in [0.2, 0.25) is 5.95 Å². The lowest BCUT2D eigenvalue weighted by Crippen LogP contribution is -2.25. The Morgan fingerprint density at radius 3 is 2.48 bits per heavy atom. The van der Waals surface area contributed by atoms with E-state index in [4.69, 9.17) is 0 Å². The van der Waals surface area contributed by atoms with Crippen molar-refractivity contribution in [2.24, 2.45) is 13.0 Å². The fourth-order valence-corrected chi connectivity index (χ4v) is 2.40. The van der Waals surface area contributed by atoms with Crippen molar-refractivity contribution in [1.82, 2.24) is 9.78 Å². The number of nitrogens with zero attached hydrogens (tertiary/aromatic N) is 2. The molecule has 1 heterocycles. The Labute approximate surface area is 134 Å². The van der Waals surface area contributed by atoms with Crippen molar-refractivity contribution in [3.63, 3.8) is 0 Å². The molecule has 0 aliphatic rings. The summed E-state index contributed by atoms with van der Waals surface area (Å²) < 4.78 is 30.0. The maximum Gasteiger partial charge on any atom is 0.262 e. The Hall–Kier alpha value is -2.24. The lowest BCUT2D eigenvalue weighted by Gasteiger charge is -2.27. The molecule has 0 aliphatic heterocycles. The summed E-state index contributed by atoms with van der Waals surface area (Å²) in [5.74, 6) is -1.64. The van der Waals surface area contributed by atoms with Gasteiger partial charge in [0.05, 0.1) is 5.69 Å². The highest BCUT2D eigenvalue weighted by Gasteiger charge is 2.33. The fourth-order valence-electron chi connectivity index (χ4n) is 2.40. The first-order valence-corrected chi connectivity index (χ1v) is 7.45. The molecule has 0 spiro atoms. The molecule has 6 heteroatoms. The summed E-state index contributed by atoms with van der Waals surface area (Å²) in [7, 11) is 1.42. The maximum absolute atomic E-state index is 15.0. The molecule has 1 aromatic heterocycles. The molecular formula is C17H21F2N3O. The maximum atomic E-state index is 15.0. The second-order valence-corrected chi connectivity index (χ2v) is 6.10. The molecule has 0 fully saturated rings. The largest absolute Gasteiger partial charge is 0.321 e. The Kier molecular flexibility index (Phi) is 4.54. The molecule has 1 atom stereocenters. The smallest absolute Gasteiger partial charge is 0.262 e. The number of benzene rings is 1. The van der Waals surface area contributed by atoms with Crippen LogP contribution < -0.4 is 5.32 Å². The topological polar surface area (TPSA) is 46.9 Å². The van der Waals surface area contributed by atoms with Gasteiger partial charge in [-0.15, -0.1) is 0 Å². The van der Waals surface area contributed by atoms with Gasteiger partial charge in [-0.2, -0.15) is 9.49 Å². The number of amides is 1. The highest BCUT2D eigenvalue weighted by Crippen LogP contribution is 2.37. The van der Waals surface area contributed by atoms with E-state index < -0.39 is 17.5 Å². The minimum Gasteiger partial charge on any atom is -0.321 e. The molecule has 2 rings (SSSR count). The van der Waals surface area contributed by atoms with Crippen molar-refractivity contribution in [1.29, 1.82) is 0 Å². The first-order chi connectivity index (χ1) is 10.7. The van der Waals surface area contributed by atoms with Gasteiger partial charge < -0.3 is 5.32 Å². The van der Waals surface area contributed by atoms with Crippen LogP contribution >= 0.6 is 0 Å². The summed E-state index contributed by atoms with van der Waals surface area (Å²) in [6, 6.07) is 6.64. The number of carbonyl (C=O) groups excluding carboxylic acids is 1. The molecule has 124 valence electrons. The van der Waals surface area contributed by atoms with Gasteiger partial charge in [-0.1, -0.05) is 32.0 Å². The minimum absolute atomic E-state index is 0.132. The minimum atomic E-state index is -1.62. The van der Waals surface area contributed by atoms with Crippen LogP contribution in [0, 0.1) is 18.8 Å². The van der Waals surface area contributed by atoms with Gasteiger partial charge >= 0.3 is 0 Å². The zero-order valence-electron chi connectivity index (χ0n) is 13.9. The first-order valence-electron chi connectivity index (χ1n) is 7.45. The molecule has 0 bridgehead atoms. The lowest BCUT2D eigenvalue weighted by atomic mass is 9.86. The predicted molar refractivity (Wildman–Crippen MR) is 85.6 cm³/mol. The van der Waals surface area contributed by atoms with E-state index >= 15 is 0 Å². The van der Waals surface area contributed by atoms with E-state index in [1.165, 1.54) is 14.0 Å². The number of alkyl halides is 1. The number of para-hydroxylation sites is 1. The Morgan fingerprint density at radius 2 is 1.96 bits per heavy atom. The number of aromatic nitrogens is 2. The Balaban J connectivity index is 2.40. The molecule has 1 unspecified atom stereocenters. The van der Waals surface area contributed by atoms with Crippen LogP contribution in [0.1, 0.15) is 42.4 Å². The number of rotatable bonds is 4. The highest BCUT2D eigenvalue weighted by atomic mass is 19.1. The second kappa shape index (κ2) is 6.10. The van der Waals surface area contributed by atoms with Crippen LogP contribution in [0.3, 0.4) is 0 Å². The van der Waals surface area contributed by atoms with Crippen molar-refractivity contribution in [2.75, 3.05) is 5.32 Å². The standard InChI is InChI=1S/C17H21F2N3O/c1-10(2)17(4,19)12-8-6-7-9-13(12)20-16(23)14-11(3)21-22(5)15(14)18/h6-10H,1-5H3,(H,20,23). The van der Waals surface area contributed by atoms with Gasteiger partial charge in [-0.25, -0.2) is 9.07 Å². The average molecular weight is 321 g/mol. The molecule has 1 N–H and O–H groups in total. The van der Waals surface area contributed by atoms with Gasteiger partial charge in [-0.05, 0) is 25.8 Å². The third-order valence-electron chi connectivity index (χ3n) is 4.17. The number of hydrogen-bond donors (Lipinski definition) is 1. The molecule has 23 heavy (non-hydrogen) atoms. The van der Waals surface area contributed by atoms with Crippen LogP contribution in [0.5, 0.6) is 0 Å². The fraction of sp³-hybridized carbons (Fsp3) is 0.412. The van der Waals surface area contributed by atoms with Gasteiger partial charge in [0, 0.05) is 18.3 Å². The third-order valence-corrected chi connectivity index (χ3v) is 4.17. The quantitative estimate of drug-likeness (QED) is 0.926. The van der Waals surface area contributed by atoms with Crippen LogP contribution in [-0.2, 0) is 12.7 Å². The van der Waals surface area contributed by atoms with Gasteiger partial charge in [0.15, 0.2) is 0 Å². The van der Waals surface area contributed by atoms with Crippen LogP contribution in [0.4, 0.5) is 14.5 Å². The van der Waals surface area contributed by atoms with Gasteiger partial charge in [-0.3, -0.25) is 4.79 Å². The SMILES string of the molecule is Cc1nn(C)c(F)c1C(=O)Nc1ccccc1C(C)(F)C(C)C. The number of anilines is 1. The molecule has 0 radical (unpaired) electrons. The summed E-state index contributed by atoms with van der Waals surface area (Å²) in [5, 5.41) is 6.49. The van der Waals surface area contributed by atoms with E-state index in [0.29, 0.717) is 11.3 Å². The van der Waals surface area contributed by atoms with Crippen LogP contribution in [-0.4, -0.2) is 15.7 Å². The molecular weight excluding hydrogens is 300 g/mol. The van der Waals surface area contributed by atoms with E-state index in [1.807, 2.05) is 0 Å². The van der Waals surface area contributed by atoms with E-state index in [0.717, 1.165) is 4.68 Å². The van der Waals surface area contributed by atoms with Crippen molar-refractivity contribution < 1.29 is 13.6 Å². The first kappa shape index (κ1) is 17.1. The number of carbonyl (C=O) groups is 1. The van der Waals surface area contributed by atoms with E-state index in [-0.39, 0.29) is 17.2 Å². The Morgan fingerprint density at radius 1 is 1.35 bits per heavy atom. The molecule has 2 aromatic rings. The summed E-state index contributed by atoms with van der Waals surface area (Å²) in [6.45, 7) is 6.56. The Bertz CT molecular complexity index is 735. The summed E-state index contributed by atoms with van der Waals surface area (Å²) >= 11 is 0. The third kappa shape index (κ3) is 3.11. The molecule has 1 amide bonds. The van der Waals surface area contributed by atoms with E-state index in [2.05, 4.69) is 10.4 Å². The molecule has 0 aliphatic carbocycles. The number of halogens is 2. The van der Waals surface area contributed by atoms with Crippen LogP contribution in [0.25, 0.3) is 0 Å². The number of nitrogens with one attached hydrogen (secondary N) is 1. The van der Waals surface area contributed by atoms with Crippen LogP contribution in [0.15, 0.2) is 24.3 Å². The summed E-state index contributed by atoms with van der Waals surface area (Å²) in [4.78, 5) is 12.4. The molecule has 1 aromatic carbocycles. The highest BCUT2D eigenvalue weighted by molar-refractivity contribution is 6.05. The van der Waals surface area contributed by atoms with Crippen molar-refractivity contribution in [2.45, 2.75) is 33.4 Å².